The van der Waals surface area contributed by atoms with Crippen LogP contribution in [0.15, 0.2) is 65.2 Å². The highest BCUT2D eigenvalue weighted by molar-refractivity contribution is 6.23. The molecular formula is C28H25N3O6. The van der Waals surface area contributed by atoms with Crippen molar-refractivity contribution in [1.29, 1.82) is 0 Å². The first kappa shape index (κ1) is 23.1. The van der Waals surface area contributed by atoms with Crippen LogP contribution in [0, 0.1) is 30.6 Å². The van der Waals surface area contributed by atoms with Gasteiger partial charge in [0.15, 0.2) is 12.4 Å². The average molecular weight is 500 g/mol. The van der Waals surface area contributed by atoms with Crippen LogP contribution in [0.2, 0.25) is 0 Å². The predicted molar refractivity (Wildman–Crippen MR) is 131 cm³/mol. The van der Waals surface area contributed by atoms with E-state index >= 15 is 0 Å². The first-order valence-electron chi connectivity index (χ1n) is 12.3. The van der Waals surface area contributed by atoms with E-state index in [-0.39, 0.29) is 52.8 Å². The number of ether oxygens (including phenoxy) is 1. The van der Waals surface area contributed by atoms with Gasteiger partial charge in [0.05, 0.1) is 23.1 Å². The van der Waals surface area contributed by atoms with Crippen molar-refractivity contribution in [1.82, 2.24) is 5.16 Å². The standard InChI is InChI=1S/C28H25N3O6/c1-15-10-22(30-37-15)29-23(32)14-36-28(35)17-8-5-9-19(11-17)31-26(33)24-18-12-20(16-6-3-2-4-7-16)21(13-18)25(24)27(31)34/h2-11,18,20-21,24-25H,12-14H2,1H3,(H,29,30,32)/t18-,20-,21+,24+,25+/m0/s1. The summed E-state index contributed by atoms with van der Waals surface area (Å²) in [7, 11) is 0. The van der Waals surface area contributed by atoms with Crippen LogP contribution in [0.5, 0.6) is 0 Å². The highest BCUT2D eigenvalue weighted by Gasteiger charge is 2.64. The molecule has 6 rings (SSSR count). The van der Waals surface area contributed by atoms with Gasteiger partial charge in [-0.2, -0.15) is 0 Å². The molecule has 5 atom stereocenters. The van der Waals surface area contributed by atoms with Crippen molar-refractivity contribution in [2.75, 3.05) is 16.8 Å². The third-order valence-corrected chi connectivity index (χ3v) is 7.81. The van der Waals surface area contributed by atoms with E-state index in [1.807, 2.05) is 18.2 Å². The second kappa shape index (κ2) is 8.99. The molecule has 1 N–H and O–H groups in total. The van der Waals surface area contributed by atoms with Crippen LogP contribution in [-0.2, 0) is 19.1 Å². The zero-order valence-electron chi connectivity index (χ0n) is 20.1. The number of aromatic nitrogens is 1. The number of hydrogen-bond donors (Lipinski definition) is 1. The lowest BCUT2D eigenvalue weighted by Gasteiger charge is -2.28. The van der Waals surface area contributed by atoms with Gasteiger partial charge in [-0.1, -0.05) is 41.6 Å². The molecule has 1 aromatic heterocycles. The summed E-state index contributed by atoms with van der Waals surface area (Å²) in [4.78, 5) is 52.9. The van der Waals surface area contributed by atoms with Gasteiger partial charge in [-0.25, -0.2) is 4.79 Å². The van der Waals surface area contributed by atoms with Gasteiger partial charge in [0.1, 0.15) is 5.76 Å². The minimum atomic E-state index is -0.739. The lowest BCUT2D eigenvalue weighted by atomic mass is 9.73. The Hall–Kier alpha value is -4.27. The number of esters is 1. The van der Waals surface area contributed by atoms with Gasteiger partial charge < -0.3 is 14.6 Å². The van der Waals surface area contributed by atoms with Crippen LogP contribution in [0.4, 0.5) is 11.5 Å². The zero-order valence-corrected chi connectivity index (χ0v) is 20.1. The number of imide groups is 1. The number of rotatable bonds is 6. The van der Waals surface area contributed by atoms with E-state index in [2.05, 4.69) is 22.6 Å². The van der Waals surface area contributed by atoms with E-state index in [0.717, 1.165) is 12.8 Å². The molecule has 1 saturated heterocycles. The summed E-state index contributed by atoms with van der Waals surface area (Å²) in [5.41, 5.74) is 1.71. The molecule has 9 nitrogen and oxygen atoms in total. The van der Waals surface area contributed by atoms with Crippen LogP contribution in [0.25, 0.3) is 0 Å². The van der Waals surface area contributed by atoms with Gasteiger partial charge in [0, 0.05) is 6.07 Å². The van der Waals surface area contributed by atoms with E-state index in [1.165, 1.54) is 28.7 Å². The molecule has 2 aromatic carbocycles. The smallest absolute Gasteiger partial charge is 0.338 e. The number of carbonyl (C=O) groups is 4. The van der Waals surface area contributed by atoms with E-state index in [9.17, 15) is 19.2 Å². The van der Waals surface area contributed by atoms with Crippen molar-refractivity contribution in [3.8, 4) is 0 Å². The molecule has 3 aromatic rings. The molecule has 2 saturated carbocycles. The van der Waals surface area contributed by atoms with Crippen molar-refractivity contribution in [3.05, 3.63) is 77.6 Å². The van der Waals surface area contributed by atoms with E-state index in [0.29, 0.717) is 11.4 Å². The van der Waals surface area contributed by atoms with Gasteiger partial charge in [-0.05, 0) is 61.3 Å². The lowest BCUT2D eigenvalue weighted by molar-refractivity contribution is -0.123. The fraction of sp³-hybridized carbons (Fsp3) is 0.321. The number of anilines is 2. The number of carbonyl (C=O) groups excluding carboxylic acids is 4. The second-order valence-corrected chi connectivity index (χ2v) is 9.97. The highest BCUT2D eigenvalue weighted by Crippen LogP contribution is 2.61. The normalized spacial score (nSPS) is 25.9. The maximum Gasteiger partial charge on any atom is 0.338 e. The Morgan fingerprint density at radius 3 is 2.57 bits per heavy atom. The van der Waals surface area contributed by atoms with Crippen molar-refractivity contribution in [2.45, 2.75) is 25.7 Å². The summed E-state index contributed by atoms with van der Waals surface area (Å²) in [6, 6.07) is 18.0. The van der Waals surface area contributed by atoms with Crippen LogP contribution in [-0.4, -0.2) is 35.5 Å². The molecule has 9 heteroatoms. The van der Waals surface area contributed by atoms with Crippen molar-refractivity contribution >= 4 is 35.2 Å². The Bertz CT molecular complexity index is 1400. The topological polar surface area (TPSA) is 119 Å². The molecule has 2 heterocycles. The number of fused-ring (bicyclic) bond motifs is 5. The first-order valence-corrected chi connectivity index (χ1v) is 12.3. The van der Waals surface area contributed by atoms with Crippen molar-refractivity contribution in [3.63, 3.8) is 0 Å². The maximum atomic E-state index is 13.6. The van der Waals surface area contributed by atoms with Crippen molar-refractivity contribution < 1.29 is 28.4 Å². The molecule has 3 aliphatic rings. The SMILES string of the molecule is Cc1cc(NC(=O)COC(=O)c2cccc(N3C(=O)[C@@H]4[C@@H]5C[C@@H]([C@H]4C3=O)[C@H](c3ccccc3)C5)c2)no1. The molecule has 188 valence electrons. The van der Waals surface area contributed by atoms with Gasteiger partial charge >= 0.3 is 5.97 Å². The van der Waals surface area contributed by atoms with Gasteiger partial charge in [0.25, 0.3) is 5.91 Å². The highest BCUT2D eigenvalue weighted by atomic mass is 16.5. The Balaban J connectivity index is 1.15. The van der Waals surface area contributed by atoms with E-state index in [1.54, 1.807) is 19.1 Å². The summed E-state index contributed by atoms with van der Waals surface area (Å²) in [6.07, 6.45) is 1.80. The predicted octanol–water partition coefficient (Wildman–Crippen LogP) is 3.71. The molecule has 0 unspecified atom stereocenters. The molecule has 1 aliphatic heterocycles. The summed E-state index contributed by atoms with van der Waals surface area (Å²) in [5.74, 6) is -0.997. The molecule has 2 bridgehead atoms. The fourth-order valence-corrected chi connectivity index (χ4v) is 6.39. The minimum Gasteiger partial charge on any atom is -0.452 e. The molecule has 0 radical (unpaired) electrons. The summed E-state index contributed by atoms with van der Waals surface area (Å²) >= 11 is 0. The van der Waals surface area contributed by atoms with Crippen LogP contribution >= 0.6 is 0 Å². The number of aryl methyl sites for hydroxylation is 1. The van der Waals surface area contributed by atoms with Crippen molar-refractivity contribution in [2.24, 2.45) is 23.7 Å². The van der Waals surface area contributed by atoms with Crippen LogP contribution < -0.4 is 10.2 Å². The van der Waals surface area contributed by atoms with Crippen LogP contribution in [0.3, 0.4) is 0 Å². The van der Waals surface area contributed by atoms with E-state index < -0.39 is 18.5 Å². The zero-order chi connectivity index (χ0) is 25.7. The summed E-state index contributed by atoms with van der Waals surface area (Å²) in [5, 5.41) is 6.13. The minimum absolute atomic E-state index is 0.138. The number of nitrogens with one attached hydrogen (secondary N) is 1. The van der Waals surface area contributed by atoms with Crippen LogP contribution in [0.1, 0.15) is 40.4 Å². The van der Waals surface area contributed by atoms with Gasteiger partial charge in [-0.15, -0.1) is 0 Å². The molecule has 3 amide bonds. The Labute approximate surface area is 212 Å². The molecule has 37 heavy (non-hydrogen) atoms. The molecule has 0 spiro atoms. The summed E-state index contributed by atoms with van der Waals surface area (Å²) in [6.45, 7) is 1.16. The van der Waals surface area contributed by atoms with E-state index in [4.69, 9.17) is 9.26 Å². The Kier molecular flexibility index (Phi) is 5.62. The third kappa shape index (κ3) is 4.00. The average Bonchev–Trinajstić information content (AvgIpc) is 3.66. The fourth-order valence-electron chi connectivity index (χ4n) is 6.39. The quantitative estimate of drug-likeness (QED) is 0.406. The lowest BCUT2D eigenvalue weighted by Crippen LogP contribution is -2.33. The first-order chi connectivity index (χ1) is 17.9. The summed E-state index contributed by atoms with van der Waals surface area (Å²) < 4.78 is 10.0. The maximum absolute atomic E-state index is 13.6. The number of nitrogens with zero attached hydrogens (tertiary/aromatic N) is 2. The second-order valence-electron chi connectivity index (χ2n) is 9.97. The largest absolute Gasteiger partial charge is 0.452 e. The number of hydrogen-bond acceptors (Lipinski definition) is 7. The molecular weight excluding hydrogens is 474 g/mol. The number of benzene rings is 2. The number of amides is 3. The monoisotopic (exact) mass is 499 g/mol. The Morgan fingerprint density at radius 2 is 1.81 bits per heavy atom. The van der Waals surface area contributed by atoms with Gasteiger partial charge in [0.2, 0.25) is 11.8 Å². The molecule has 2 aliphatic carbocycles. The third-order valence-electron chi connectivity index (χ3n) is 7.81. The van der Waals surface area contributed by atoms with Gasteiger partial charge in [-0.3, -0.25) is 19.3 Å². The Morgan fingerprint density at radius 1 is 1.03 bits per heavy atom. The molecule has 3 fully saturated rings.